The van der Waals surface area contributed by atoms with Crippen LogP contribution in [0, 0.1) is 12.8 Å². The highest BCUT2D eigenvalue weighted by atomic mass is 35.5. The van der Waals surface area contributed by atoms with Crippen LogP contribution in [0.1, 0.15) is 35.2 Å². The van der Waals surface area contributed by atoms with Gasteiger partial charge in [0.1, 0.15) is 0 Å². The molecule has 0 bridgehead atoms. The van der Waals surface area contributed by atoms with E-state index in [1.54, 1.807) is 6.07 Å². The Kier molecular flexibility index (Phi) is 4.43. The van der Waals surface area contributed by atoms with Gasteiger partial charge in [-0.3, -0.25) is 4.79 Å². The summed E-state index contributed by atoms with van der Waals surface area (Å²) in [5, 5.41) is 0.819. The molecule has 1 saturated heterocycles. The van der Waals surface area contributed by atoms with Crippen LogP contribution in [0.4, 0.5) is 0 Å². The van der Waals surface area contributed by atoms with Crippen LogP contribution < -0.4 is 0 Å². The Morgan fingerprint density at radius 3 is 2.71 bits per heavy atom. The molecule has 21 heavy (non-hydrogen) atoms. The van der Waals surface area contributed by atoms with Gasteiger partial charge < -0.3 is 9.64 Å². The fraction of sp³-hybridized carbons (Fsp3) is 0.562. The highest BCUT2D eigenvalue weighted by molar-refractivity contribution is 6.44. The van der Waals surface area contributed by atoms with Crippen molar-refractivity contribution in [2.24, 2.45) is 5.92 Å². The number of carbonyl (C=O) groups excluding carboxylic acids is 1. The zero-order valence-electron chi connectivity index (χ0n) is 12.1. The van der Waals surface area contributed by atoms with E-state index in [9.17, 15) is 4.79 Å². The number of carbonyl (C=O) groups is 1. The third-order valence-corrected chi connectivity index (χ3v) is 5.54. The predicted octanol–water partition coefficient (Wildman–Crippen LogP) is 3.94. The number of aryl methyl sites for hydroxylation is 1. The minimum absolute atomic E-state index is 0.0467. The number of nitrogens with zero attached hydrogens (tertiary/aromatic N) is 1. The van der Waals surface area contributed by atoms with Gasteiger partial charge in [0.2, 0.25) is 0 Å². The van der Waals surface area contributed by atoms with E-state index in [0.717, 1.165) is 5.56 Å². The molecule has 0 N–H and O–H groups in total. The maximum atomic E-state index is 12.7. The lowest BCUT2D eigenvalue weighted by Crippen LogP contribution is -2.49. The average molecular weight is 328 g/mol. The van der Waals surface area contributed by atoms with E-state index in [4.69, 9.17) is 27.9 Å². The van der Waals surface area contributed by atoms with Crippen molar-refractivity contribution in [2.45, 2.75) is 32.3 Å². The van der Waals surface area contributed by atoms with E-state index in [0.29, 0.717) is 41.2 Å². The van der Waals surface area contributed by atoms with Gasteiger partial charge >= 0.3 is 0 Å². The second-order valence-corrected chi connectivity index (χ2v) is 6.67. The molecule has 2 aliphatic rings. The molecule has 114 valence electrons. The number of benzene rings is 1. The standard InChI is InChI=1S/C16H19Cl2NO2/c1-10-5-6-12(15(18)14(10)17)16(20)19-7-8-21-13(9-19)11-3-2-4-11/h5-6,11,13H,2-4,7-9H2,1H3. The van der Waals surface area contributed by atoms with Crippen molar-refractivity contribution in [1.29, 1.82) is 0 Å². The molecule has 2 fully saturated rings. The van der Waals surface area contributed by atoms with Gasteiger partial charge in [0, 0.05) is 13.1 Å². The van der Waals surface area contributed by atoms with E-state index in [1.165, 1.54) is 19.3 Å². The minimum Gasteiger partial charge on any atom is -0.374 e. The molecule has 0 aromatic heterocycles. The molecule has 1 aromatic carbocycles. The zero-order chi connectivity index (χ0) is 15.0. The number of morpholine rings is 1. The molecule has 0 radical (unpaired) electrons. The lowest BCUT2D eigenvalue weighted by atomic mass is 9.80. The number of hydrogen-bond donors (Lipinski definition) is 0. The van der Waals surface area contributed by atoms with Gasteiger partial charge in [-0.1, -0.05) is 35.7 Å². The molecule has 1 aliphatic carbocycles. The van der Waals surface area contributed by atoms with Crippen molar-refractivity contribution in [3.8, 4) is 0 Å². The first-order valence-electron chi connectivity index (χ1n) is 7.43. The van der Waals surface area contributed by atoms with Crippen LogP contribution in [0.5, 0.6) is 0 Å². The Hall–Kier alpha value is -0.770. The zero-order valence-corrected chi connectivity index (χ0v) is 13.6. The fourth-order valence-electron chi connectivity index (χ4n) is 2.94. The van der Waals surface area contributed by atoms with E-state index in [-0.39, 0.29) is 12.0 Å². The maximum Gasteiger partial charge on any atom is 0.255 e. The normalized spacial score (nSPS) is 23.0. The molecule has 1 saturated carbocycles. The first-order valence-corrected chi connectivity index (χ1v) is 8.19. The molecule has 1 aliphatic heterocycles. The van der Waals surface area contributed by atoms with Crippen molar-refractivity contribution in [3.05, 3.63) is 33.3 Å². The summed E-state index contributed by atoms with van der Waals surface area (Å²) in [6.45, 7) is 3.75. The lowest BCUT2D eigenvalue weighted by Gasteiger charge is -2.40. The summed E-state index contributed by atoms with van der Waals surface area (Å²) >= 11 is 12.4. The maximum absolute atomic E-state index is 12.7. The third kappa shape index (κ3) is 2.92. The van der Waals surface area contributed by atoms with Gasteiger partial charge in [-0.2, -0.15) is 0 Å². The Labute approximate surface area is 135 Å². The topological polar surface area (TPSA) is 29.5 Å². The second kappa shape index (κ2) is 6.15. The molecule has 1 heterocycles. The Balaban J connectivity index is 1.76. The molecule has 5 heteroatoms. The number of rotatable bonds is 2. The van der Waals surface area contributed by atoms with Crippen LogP contribution in [-0.2, 0) is 4.74 Å². The number of ether oxygens (including phenoxy) is 1. The molecule has 0 spiro atoms. The predicted molar refractivity (Wildman–Crippen MR) is 84.2 cm³/mol. The summed E-state index contributed by atoms with van der Waals surface area (Å²) in [5.41, 5.74) is 1.37. The van der Waals surface area contributed by atoms with Crippen molar-refractivity contribution < 1.29 is 9.53 Å². The Bertz CT molecular complexity index is 557. The molecule has 1 atom stereocenters. The summed E-state index contributed by atoms with van der Waals surface area (Å²) < 4.78 is 5.82. The Morgan fingerprint density at radius 2 is 2.05 bits per heavy atom. The molecule has 1 unspecified atom stereocenters. The molecule has 1 amide bonds. The average Bonchev–Trinajstić information content (AvgIpc) is 2.43. The Morgan fingerprint density at radius 1 is 1.29 bits per heavy atom. The van der Waals surface area contributed by atoms with E-state index < -0.39 is 0 Å². The third-order valence-electron chi connectivity index (χ3n) is 4.56. The van der Waals surface area contributed by atoms with Gasteiger partial charge in [-0.05, 0) is 37.3 Å². The summed E-state index contributed by atoms with van der Waals surface area (Å²) in [5.74, 6) is 0.562. The number of halogens is 2. The van der Waals surface area contributed by atoms with Gasteiger partial charge in [0.25, 0.3) is 5.91 Å². The number of amides is 1. The fourth-order valence-corrected chi connectivity index (χ4v) is 3.40. The SMILES string of the molecule is Cc1ccc(C(=O)N2CCOC(C3CCC3)C2)c(Cl)c1Cl. The van der Waals surface area contributed by atoms with Crippen molar-refractivity contribution in [2.75, 3.05) is 19.7 Å². The van der Waals surface area contributed by atoms with Gasteiger partial charge in [0.05, 0.1) is 28.3 Å². The van der Waals surface area contributed by atoms with Crippen LogP contribution in [-0.4, -0.2) is 36.6 Å². The second-order valence-electron chi connectivity index (χ2n) is 5.91. The summed E-state index contributed by atoms with van der Waals surface area (Å²) in [4.78, 5) is 14.5. The molecular formula is C16H19Cl2NO2. The van der Waals surface area contributed by atoms with E-state index in [2.05, 4.69) is 0 Å². The smallest absolute Gasteiger partial charge is 0.255 e. The van der Waals surface area contributed by atoms with Crippen LogP contribution in [0.3, 0.4) is 0 Å². The number of hydrogen-bond acceptors (Lipinski definition) is 2. The van der Waals surface area contributed by atoms with Crippen LogP contribution in [0.2, 0.25) is 10.0 Å². The summed E-state index contributed by atoms with van der Waals surface area (Å²) in [6.07, 6.45) is 3.88. The first-order chi connectivity index (χ1) is 10.1. The molecule has 3 rings (SSSR count). The van der Waals surface area contributed by atoms with E-state index >= 15 is 0 Å². The van der Waals surface area contributed by atoms with Crippen LogP contribution in [0.15, 0.2) is 12.1 Å². The van der Waals surface area contributed by atoms with Crippen LogP contribution >= 0.6 is 23.2 Å². The quantitative estimate of drug-likeness (QED) is 0.823. The van der Waals surface area contributed by atoms with Gasteiger partial charge in [-0.15, -0.1) is 0 Å². The van der Waals surface area contributed by atoms with Crippen molar-refractivity contribution >= 4 is 29.1 Å². The highest BCUT2D eigenvalue weighted by Crippen LogP contribution is 2.34. The van der Waals surface area contributed by atoms with Crippen molar-refractivity contribution in [1.82, 2.24) is 4.90 Å². The largest absolute Gasteiger partial charge is 0.374 e. The van der Waals surface area contributed by atoms with Gasteiger partial charge in [-0.25, -0.2) is 0 Å². The van der Waals surface area contributed by atoms with Crippen molar-refractivity contribution in [3.63, 3.8) is 0 Å². The summed E-state index contributed by atoms with van der Waals surface area (Å²) in [7, 11) is 0. The molecule has 3 nitrogen and oxygen atoms in total. The summed E-state index contributed by atoms with van der Waals surface area (Å²) in [6, 6.07) is 3.60. The highest BCUT2D eigenvalue weighted by Gasteiger charge is 2.34. The van der Waals surface area contributed by atoms with Crippen LogP contribution in [0.25, 0.3) is 0 Å². The molecule has 1 aromatic rings. The van der Waals surface area contributed by atoms with Gasteiger partial charge in [0.15, 0.2) is 0 Å². The first kappa shape index (κ1) is 15.1. The monoisotopic (exact) mass is 327 g/mol. The molecular weight excluding hydrogens is 309 g/mol. The van der Waals surface area contributed by atoms with E-state index in [1.807, 2.05) is 17.9 Å². The lowest BCUT2D eigenvalue weighted by molar-refractivity contribution is -0.0659. The minimum atomic E-state index is -0.0467.